The van der Waals surface area contributed by atoms with Crippen molar-refractivity contribution in [2.45, 2.75) is 45.9 Å². The molecular formula is C16H27ClO3Si. The zero-order valence-electron chi connectivity index (χ0n) is 13.4. The summed E-state index contributed by atoms with van der Waals surface area (Å²) in [6, 6.07) is 8.10. The number of alkyl halides is 1. The minimum Gasteiger partial charge on any atom is -0.370 e. The van der Waals surface area contributed by atoms with Crippen LogP contribution in [0.1, 0.15) is 45.6 Å². The molecule has 0 fully saturated rings. The van der Waals surface area contributed by atoms with Gasteiger partial charge in [0.25, 0.3) is 0 Å². The molecule has 3 nitrogen and oxygen atoms in total. The predicted molar refractivity (Wildman–Crippen MR) is 90.1 cm³/mol. The fourth-order valence-electron chi connectivity index (χ4n) is 1.88. The summed E-state index contributed by atoms with van der Waals surface area (Å²) in [5, 5.41) is 1.02. The maximum atomic E-state index is 6.10. The van der Waals surface area contributed by atoms with Crippen LogP contribution in [0, 0.1) is 0 Å². The van der Waals surface area contributed by atoms with Gasteiger partial charge in [-0.25, -0.2) is 0 Å². The molecule has 0 atom stereocenters. The van der Waals surface area contributed by atoms with E-state index >= 15 is 0 Å². The van der Waals surface area contributed by atoms with Gasteiger partial charge in [-0.3, -0.25) is 0 Å². The van der Waals surface area contributed by atoms with Crippen molar-refractivity contribution >= 4 is 25.6 Å². The van der Waals surface area contributed by atoms with E-state index < -0.39 is 8.80 Å². The molecule has 1 rings (SSSR count). The van der Waals surface area contributed by atoms with Gasteiger partial charge in [0, 0.05) is 30.9 Å². The Morgan fingerprint density at radius 1 is 0.810 bits per heavy atom. The molecule has 0 aromatic heterocycles. The fourth-order valence-corrected chi connectivity index (χ4v) is 4.80. The smallest absolute Gasteiger partial charge is 0.370 e. The lowest BCUT2D eigenvalue weighted by molar-refractivity contribution is 0.0732. The van der Waals surface area contributed by atoms with Crippen LogP contribution in [0.4, 0.5) is 0 Å². The average Bonchev–Trinajstić information content (AvgIpc) is 2.55. The molecule has 0 amide bonds. The minimum absolute atomic E-state index is 0.510. The van der Waals surface area contributed by atoms with Gasteiger partial charge < -0.3 is 13.3 Å². The van der Waals surface area contributed by atoms with E-state index in [1.165, 1.54) is 0 Å². The van der Waals surface area contributed by atoms with Crippen LogP contribution in [0.25, 0.3) is 0 Å². The summed E-state index contributed by atoms with van der Waals surface area (Å²) >= 11 is 5.86. The molecular weight excluding hydrogens is 304 g/mol. The Morgan fingerprint density at radius 2 is 1.24 bits per heavy atom. The van der Waals surface area contributed by atoms with Crippen LogP contribution in [0.15, 0.2) is 24.3 Å². The van der Waals surface area contributed by atoms with Gasteiger partial charge in [0.2, 0.25) is 0 Å². The summed E-state index contributed by atoms with van der Waals surface area (Å²) in [5.74, 6) is 0.510. The van der Waals surface area contributed by atoms with Gasteiger partial charge in [0.1, 0.15) is 0 Å². The minimum atomic E-state index is -2.81. The molecule has 0 bridgehead atoms. The summed E-state index contributed by atoms with van der Waals surface area (Å²) < 4.78 is 18.3. The topological polar surface area (TPSA) is 27.7 Å². The quantitative estimate of drug-likeness (QED) is 0.455. The lowest BCUT2D eigenvalue weighted by atomic mass is 10.2. The molecule has 1 aromatic rings. The second-order valence-electron chi connectivity index (χ2n) is 4.93. The summed E-state index contributed by atoms with van der Waals surface area (Å²) in [6.07, 6.45) is 2.83. The highest BCUT2D eigenvalue weighted by Gasteiger charge is 2.43. The molecule has 0 saturated carbocycles. The molecule has 5 heteroatoms. The van der Waals surface area contributed by atoms with Gasteiger partial charge in [-0.2, -0.15) is 0 Å². The van der Waals surface area contributed by atoms with Gasteiger partial charge in [0.15, 0.2) is 0 Å². The molecule has 0 unspecified atom stereocenters. The van der Waals surface area contributed by atoms with E-state index in [9.17, 15) is 0 Å². The molecule has 0 aliphatic carbocycles. The average molecular weight is 331 g/mol. The molecule has 0 N–H and O–H groups in total. The molecule has 0 aliphatic rings. The number of benzene rings is 1. The highest BCUT2D eigenvalue weighted by Crippen LogP contribution is 2.14. The van der Waals surface area contributed by atoms with Crippen molar-refractivity contribution in [3.8, 4) is 0 Å². The van der Waals surface area contributed by atoms with E-state index in [4.69, 9.17) is 24.9 Å². The third-order valence-electron chi connectivity index (χ3n) is 2.95. The third kappa shape index (κ3) is 5.72. The molecule has 21 heavy (non-hydrogen) atoms. The SMILES string of the molecule is CCCO[Si](OCCC)(OCCC)c1ccc(CCl)cc1. The third-order valence-corrected chi connectivity index (χ3v) is 6.05. The van der Waals surface area contributed by atoms with Crippen molar-refractivity contribution in [1.82, 2.24) is 0 Å². The second-order valence-corrected chi connectivity index (χ2v) is 7.76. The van der Waals surface area contributed by atoms with Crippen molar-refractivity contribution in [3.05, 3.63) is 29.8 Å². The molecule has 0 saturated heterocycles. The zero-order chi connectivity index (χ0) is 15.6. The Morgan fingerprint density at radius 3 is 1.57 bits per heavy atom. The van der Waals surface area contributed by atoms with Crippen molar-refractivity contribution in [1.29, 1.82) is 0 Å². The summed E-state index contributed by atoms with van der Waals surface area (Å²) in [5.41, 5.74) is 1.09. The van der Waals surface area contributed by atoms with Crippen LogP contribution in [0.5, 0.6) is 0 Å². The van der Waals surface area contributed by atoms with E-state index in [-0.39, 0.29) is 0 Å². The van der Waals surface area contributed by atoms with Crippen LogP contribution >= 0.6 is 11.6 Å². The van der Waals surface area contributed by atoms with Crippen LogP contribution < -0.4 is 5.19 Å². The van der Waals surface area contributed by atoms with Crippen molar-refractivity contribution in [2.24, 2.45) is 0 Å². The molecule has 1 aromatic carbocycles. The second kappa shape index (κ2) is 10.4. The lowest BCUT2D eigenvalue weighted by Crippen LogP contribution is -2.57. The van der Waals surface area contributed by atoms with E-state index in [2.05, 4.69) is 20.8 Å². The normalized spacial score (nSPS) is 11.8. The predicted octanol–water partition coefficient (Wildman–Crippen LogP) is 3.85. The van der Waals surface area contributed by atoms with E-state index in [1.54, 1.807) is 0 Å². The van der Waals surface area contributed by atoms with Crippen LogP contribution in [0.3, 0.4) is 0 Å². The van der Waals surface area contributed by atoms with Gasteiger partial charge in [-0.05, 0) is 24.8 Å². The number of rotatable bonds is 11. The number of hydrogen-bond donors (Lipinski definition) is 0. The Hall–Kier alpha value is -0.393. The highest BCUT2D eigenvalue weighted by molar-refractivity contribution is 6.75. The monoisotopic (exact) mass is 330 g/mol. The molecule has 0 heterocycles. The summed E-state index contributed by atoms with van der Waals surface area (Å²) in [6.45, 7) is 8.23. The Kier molecular flexibility index (Phi) is 9.20. The summed E-state index contributed by atoms with van der Waals surface area (Å²) in [7, 11) is -2.81. The van der Waals surface area contributed by atoms with Crippen LogP contribution in [-0.4, -0.2) is 28.6 Å². The maximum Gasteiger partial charge on any atom is 0.537 e. The van der Waals surface area contributed by atoms with Crippen LogP contribution in [-0.2, 0) is 19.2 Å². The Bertz CT molecular complexity index is 362. The Labute approximate surface area is 134 Å². The number of hydrogen-bond acceptors (Lipinski definition) is 3. The first-order valence-electron chi connectivity index (χ1n) is 7.79. The van der Waals surface area contributed by atoms with E-state index in [0.717, 1.165) is 30.0 Å². The Balaban J connectivity index is 3.02. The lowest BCUT2D eigenvalue weighted by Gasteiger charge is -2.29. The molecule has 0 spiro atoms. The van der Waals surface area contributed by atoms with Crippen LogP contribution in [0.2, 0.25) is 0 Å². The summed E-state index contributed by atoms with van der Waals surface area (Å²) in [4.78, 5) is 0. The van der Waals surface area contributed by atoms with Crippen molar-refractivity contribution in [3.63, 3.8) is 0 Å². The first kappa shape index (κ1) is 18.7. The van der Waals surface area contributed by atoms with E-state index in [0.29, 0.717) is 25.7 Å². The maximum absolute atomic E-state index is 6.10. The highest BCUT2D eigenvalue weighted by atomic mass is 35.5. The largest absolute Gasteiger partial charge is 0.537 e. The standard InChI is InChI=1S/C16H27ClO3Si/c1-4-11-18-21(19-12-5-2,20-13-6-3)16-9-7-15(14-17)8-10-16/h7-10H,4-6,11-14H2,1-3H3. The van der Waals surface area contributed by atoms with Gasteiger partial charge >= 0.3 is 8.80 Å². The van der Waals surface area contributed by atoms with Crippen molar-refractivity contribution in [2.75, 3.05) is 19.8 Å². The fraction of sp³-hybridized carbons (Fsp3) is 0.625. The van der Waals surface area contributed by atoms with E-state index in [1.807, 2.05) is 24.3 Å². The number of halogens is 1. The zero-order valence-corrected chi connectivity index (χ0v) is 15.1. The van der Waals surface area contributed by atoms with Gasteiger partial charge in [-0.15, -0.1) is 11.6 Å². The molecule has 0 aliphatic heterocycles. The van der Waals surface area contributed by atoms with Crippen molar-refractivity contribution < 1.29 is 13.3 Å². The first-order valence-corrected chi connectivity index (χ1v) is 10.1. The van der Waals surface area contributed by atoms with Gasteiger partial charge in [0.05, 0.1) is 0 Å². The van der Waals surface area contributed by atoms with Gasteiger partial charge in [-0.1, -0.05) is 45.0 Å². The molecule has 0 radical (unpaired) electrons. The molecule has 120 valence electrons. The first-order chi connectivity index (χ1) is 10.2.